The highest BCUT2D eigenvalue weighted by molar-refractivity contribution is 7.80. The molecule has 0 saturated heterocycles. The molecule has 0 fully saturated rings. The lowest BCUT2D eigenvalue weighted by Gasteiger charge is -2.10. The van der Waals surface area contributed by atoms with E-state index in [0.29, 0.717) is 11.4 Å². The van der Waals surface area contributed by atoms with Crippen LogP contribution in [0.2, 0.25) is 0 Å². The maximum atomic E-state index is 12.2. The summed E-state index contributed by atoms with van der Waals surface area (Å²) in [5.74, 6) is 0. The van der Waals surface area contributed by atoms with Crippen molar-refractivity contribution in [2.75, 3.05) is 15.4 Å². The molecule has 3 aromatic rings. The number of rotatable bonds is 4. The minimum atomic E-state index is -2.12. The Morgan fingerprint density at radius 2 is 1.50 bits per heavy atom. The van der Waals surface area contributed by atoms with Crippen LogP contribution in [0.3, 0.4) is 0 Å². The van der Waals surface area contributed by atoms with Gasteiger partial charge in [-0.2, -0.15) is 0 Å². The summed E-state index contributed by atoms with van der Waals surface area (Å²) < 4.78 is 21.8. The molecule has 0 aromatic heterocycles. The molecule has 4 N–H and O–H groups in total. The zero-order valence-electron chi connectivity index (χ0n) is 12.5. The summed E-state index contributed by atoms with van der Waals surface area (Å²) in [6.45, 7) is 0. The van der Waals surface area contributed by atoms with Crippen LogP contribution < -0.4 is 15.4 Å². The Labute approximate surface area is 141 Å². The number of carbonyl (C=O) groups is 1. The van der Waals surface area contributed by atoms with Gasteiger partial charge in [-0.15, -0.1) is 0 Å². The standard InChI is InChI=1S/C17H15N3O3S/c21-17(18-13-8-10-14(11-9-13)20-24(22)23)19-16-7-3-5-12-4-1-2-6-15(12)16/h1-11,20H,(H,22,23)(H2,18,19,21). The van der Waals surface area contributed by atoms with Gasteiger partial charge in [0.25, 0.3) is 11.3 Å². The molecule has 0 radical (unpaired) electrons. The number of fused-ring (bicyclic) bond motifs is 1. The van der Waals surface area contributed by atoms with Crippen LogP contribution in [0.1, 0.15) is 0 Å². The van der Waals surface area contributed by atoms with Gasteiger partial charge in [0.2, 0.25) is 0 Å². The molecule has 0 bridgehead atoms. The Morgan fingerprint density at radius 3 is 2.25 bits per heavy atom. The number of hydrogen-bond donors (Lipinski definition) is 4. The molecule has 7 heteroatoms. The first-order valence-corrected chi connectivity index (χ1v) is 8.26. The van der Waals surface area contributed by atoms with Gasteiger partial charge in [-0.3, -0.25) is 9.27 Å². The molecule has 0 aliphatic carbocycles. The van der Waals surface area contributed by atoms with E-state index in [4.69, 9.17) is 4.55 Å². The van der Waals surface area contributed by atoms with E-state index in [2.05, 4.69) is 15.4 Å². The van der Waals surface area contributed by atoms with Gasteiger partial charge in [0, 0.05) is 16.8 Å². The number of urea groups is 1. The van der Waals surface area contributed by atoms with Gasteiger partial charge in [0.1, 0.15) is 0 Å². The average molecular weight is 341 g/mol. The highest BCUT2D eigenvalue weighted by Crippen LogP contribution is 2.23. The van der Waals surface area contributed by atoms with Crippen LogP contribution in [0.4, 0.5) is 21.9 Å². The summed E-state index contributed by atoms with van der Waals surface area (Å²) >= 11 is -2.12. The first kappa shape index (κ1) is 16.0. The highest BCUT2D eigenvalue weighted by atomic mass is 32.2. The van der Waals surface area contributed by atoms with Gasteiger partial charge < -0.3 is 10.6 Å². The Bertz CT molecular complexity index is 892. The summed E-state index contributed by atoms with van der Waals surface area (Å²) in [5, 5.41) is 7.55. The molecule has 1 atom stereocenters. The monoisotopic (exact) mass is 341 g/mol. The Kier molecular flexibility index (Phi) is 4.74. The Morgan fingerprint density at radius 1 is 0.833 bits per heavy atom. The number of benzene rings is 3. The van der Waals surface area contributed by atoms with Gasteiger partial charge in [0.05, 0.1) is 5.69 Å². The second kappa shape index (κ2) is 7.12. The summed E-state index contributed by atoms with van der Waals surface area (Å²) in [5.41, 5.74) is 1.78. The summed E-state index contributed by atoms with van der Waals surface area (Å²) in [6.07, 6.45) is 0. The number of hydrogen-bond acceptors (Lipinski definition) is 2. The van der Waals surface area contributed by atoms with Crippen LogP contribution in [0.15, 0.2) is 66.7 Å². The molecule has 0 heterocycles. The maximum absolute atomic E-state index is 12.2. The number of amides is 2. The molecule has 24 heavy (non-hydrogen) atoms. The molecule has 3 aromatic carbocycles. The molecule has 3 rings (SSSR count). The second-order valence-electron chi connectivity index (χ2n) is 5.03. The normalized spacial score (nSPS) is 11.7. The Balaban J connectivity index is 1.70. The molecule has 0 saturated carbocycles. The van der Waals surface area contributed by atoms with Crippen LogP contribution in [-0.4, -0.2) is 14.8 Å². The van der Waals surface area contributed by atoms with Crippen LogP contribution in [-0.2, 0) is 11.3 Å². The minimum absolute atomic E-state index is 0.363. The quantitative estimate of drug-likeness (QED) is 0.540. The first-order valence-electron chi connectivity index (χ1n) is 7.15. The van der Waals surface area contributed by atoms with E-state index in [1.165, 1.54) is 0 Å². The highest BCUT2D eigenvalue weighted by Gasteiger charge is 2.06. The van der Waals surface area contributed by atoms with E-state index in [1.54, 1.807) is 24.3 Å². The number of anilines is 3. The first-order chi connectivity index (χ1) is 11.6. The van der Waals surface area contributed by atoms with Gasteiger partial charge in [-0.25, -0.2) is 9.00 Å². The fourth-order valence-electron chi connectivity index (χ4n) is 2.34. The summed E-state index contributed by atoms with van der Waals surface area (Å²) in [6, 6.07) is 19.6. The van der Waals surface area contributed by atoms with Crippen LogP contribution in [0.5, 0.6) is 0 Å². The third kappa shape index (κ3) is 3.89. The van der Waals surface area contributed by atoms with Crippen molar-refractivity contribution >= 4 is 45.1 Å². The number of nitrogens with one attached hydrogen (secondary N) is 3. The predicted octanol–water partition coefficient (Wildman–Crippen LogP) is 4.03. The van der Waals surface area contributed by atoms with Crippen LogP contribution in [0.25, 0.3) is 10.8 Å². The van der Waals surface area contributed by atoms with Crippen molar-refractivity contribution in [2.24, 2.45) is 0 Å². The van der Waals surface area contributed by atoms with Gasteiger partial charge in [-0.1, -0.05) is 36.4 Å². The predicted molar refractivity (Wildman–Crippen MR) is 97.4 cm³/mol. The molecule has 0 spiro atoms. The lowest BCUT2D eigenvalue weighted by Crippen LogP contribution is -2.19. The fourth-order valence-corrected chi connectivity index (χ4v) is 2.68. The van der Waals surface area contributed by atoms with Gasteiger partial charge >= 0.3 is 6.03 Å². The van der Waals surface area contributed by atoms with Crippen LogP contribution >= 0.6 is 0 Å². The van der Waals surface area contributed by atoms with Crippen LogP contribution in [0, 0.1) is 0 Å². The fraction of sp³-hybridized carbons (Fsp3) is 0. The van der Waals surface area contributed by atoms with Crippen molar-refractivity contribution in [2.45, 2.75) is 0 Å². The maximum Gasteiger partial charge on any atom is 0.323 e. The molecule has 0 aliphatic heterocycles. The number of carbonyl (C=O) groups excluding carboxylic acids is 1. The third-order valence-electron chi connectivity index (χ3n) is 3.39. The van der Waals surface area contributed by atoms with Crippen molar-refractivity contribution in [1.82, 2.24) is 0 Å². The van der Waals surface area contributed by atoms with Crippen molar-refractivity contribution in [3.05, 3.63) is 66.7 Å². The van der Waals surface area contributed by atoms with Gasteiger partial charge in [-0.05, 0) is 35.7 Å². The Hall–Kier alpha value is -2.90. The van der Waals surface area contributed by atoms with Crippen molar-refractivity contribution < 1.29 is 13.6 Å². The average Bonchev–Trinajstić information content (AvgIpc) is 2.56. The third-order valence-corrected chi connectivity index (χ3v) is 3.80. The molecule has 1 unspecified atom stereocenters. The molecule has 6 nitrogen and oxygen atoms in total. The van der Waals surface area contributed by atoms with E-state index in [0.717, 1.165) is 16.5 Å². The molecule has 122 valence electrons. The summed E-state index contributed by atoms with van der Waals surface area (Å²) in [4.78, 5) is 12.2. The SMILES string of the molecule is O=C(Nc1ccc(NS(=O)O)cc1)Nc1cccc2ccccc12. The zero-order valence-corrected chi connectivity index (χ0v) is 13.3. The molecular weight excluding hydrogens is 326 g/mol. The topological polar surface area (TPSA) is 90.5 Å². The minimum Gasteiger partial charge on any atom is -0.308 e. The van der Waals surface area contributed by atoms with Crippen molar-refractivity contribution in [3.8, 4) is 0 Å². The lowest BCUT2D eigenvalue weighted by atomic mass is 10.1. The van der Waals surface area contributed by atoms with E-state index < -0.39 is 11.3 Å². The van der Waals surface area contributed by atoms with Gasteiger partial charge in [0.15, 0.2) is 0 Å². The van der Waals surface area contributed by atoms with E-state index >= 15 is 0 Å². The second-order valence-corrected chi connectivity index (χ2v) is 5.74. The molecule has 0 aliphatic rings. The van der Waals surface area contributed by atoms with E-state index in [-0.39, 0.29) is 6.03 Å². The molecular formula is C17H15N3O3S. The van der Waals surface area contributed by atoms with Crippen molar-refractivity contribution in [1.29, 1.82) is 0 Å². The molecule has 2 amide bonds. The van der Waals surface area contributed by atoms with E-state index in [9.17, 15) is 9.00 Å². The smallest absolute Gasteiger partial charge is 0.308 e. The van der Waals surface area contributed by atoms with Crippen molar-refractivity contribution in [3.63, 3.8) is 0 Å². The largest absolute Gasteiger partial charge is 0.323 e. The lowest BCUT2D eigenvalue weighted by molar-refractivity contribution is 0.262. The summed E-state index contributed by atoms with van der Waals surface area (Å²) in [7, 11) is 0. The van der Waals surface area contributed by atoms with E-state index in [1.807, 2.05) is 42.5 Å². The zero-order chi connectivity index (χ0) is 16.9.